The topological polar surface area (TPSA) is 130 Å². The molecule has 168 valence electrons. The molecule has 1 aliphatic heterocycles. The van der Waals surface area contributed by atoms with Gasteiger partial charge < -0.3 is 19.7 Å². The van der Waals surface area contributed by atoms with Crippen LogP contribution in [0.1, 0.15) is 19.3 Å². The summed E-state index contributed by atoms with van der Waals surface area (Å²) >= 11 is 0. The van der Waals surface area contributed by atoms with Crippen molar-refractivity contribution in [3.8, 4) is 28.5 Å². The van der Waals surface area contributed by atoms with Crippen molar-refractivity contribution in [3.05, 3.63) is 42.9 Å². The van der Waals surface area contributed by atoms with E-state index in [-0.39, 0.29) is 12.3 Å². The van der Waals surface area contributed by atoms with Gasteiger partial charge in [0.05, 0.1) is 18.3 Å². The van der Waals surface area contributed by atoms with Gasteiger partial charge in [-0.1, -0.05) is 0 Å². The number of aromatic amines is 1. The highest BCUT2D eigenvalue weighted by Crippen LogP contribution is 2.25. The first-order chi connectivity index (χ1) is 16.1. The molecule has 0 atom stereocenters. The van der Waals surface area contributed by atoms with E-state index >= 15 is 0 Å². The Morgan fingerprint density at radius 2 is 1.82 bits per heavy atom. The number of fused-ring (bicyclic) bond motifs is 1. The van der Waals surface area contributed by atoms with Crippen molar-refractivity contribution >= 4 is 23.1 Å². The Hall–Kier alpha value is -4.08. The van der Waals surface area contributed by atoms with E-state index in [4.69, 9.17) is 9.84 Å². The third-order valence-corrected chi connectivity index (χ3v) is 5.86. The molecule has 4 aromatic rings. The lowest BCUT2D eigenvalue weighted by molar-refractivity contribution is -0.138. The summed E-state index contributed by atoms with van der Waals surface area (Å²) in [6.07, 6.45) is 7.20. The van der Waals surface area contributed by atoms with Crippen molar-refractivity contribution in [1.29, 1.82) is 0 Å². The first kappa shape index (κ1) is 20.8. The van der Waals surface area contributed by atoms with Crippen LogP contribution in [0.15, 0.2) is 42.9 Å². The number of rotatable bonds is 6. The summed E-state index contributed by atoms with van der Waals surface area (Å²) in [5.74, 6) is 1.36. The van der Waals surface area contributed by atoms with Crippen LogP contribution in [0.3, 0.4) is 0 Å². The van der Waals surface area contributed by atoms with Crippen molar-refractivity contribution in [1.82, 2.24) is 29.9 Å². The Morgan fingerprint density at radius 1 is 1.06 bits per heavy atom. The molecular formula is C23H23N7O3. The van der Waals surface area contributed by atoms with Crippen molar-refractivity contribution in [2.24, 2.45) is 5.92 Å². The zero-order valence-corrected chi connectivity index (χ0v) is 18.1. The van der Waals surface area contributed by atoms with Crippen LogP contribution in [-0.4, -0.2) is 61.2 Å². The average Bonchev–Trinajstić information content (AvgIpc) is 3.28. The number of nitrogens with one attached hydrogen (secondary N) is 1. The number of imidazole rings is 1. The van der Waals surface area contributed by atoms with Crippen LogP contribution in [0.25, 0.3) is 33.8 Å². The smallest absolute Gasteiger partial charge is 0.303 e. The van der Waals surface area contributed by atoms with Gasteiger partial charge in [-0.3, -0.25) is 9.78 Å². The molecule has 0 saturated carbocycles. The number of H-pyrrole nitrogens is 1. The molecule has 1 aliphatic rings. The number of anilines is 1. The lowest BCUT2D eigenvalue weighted by atomic mass is 9.94. The predicted octanol–water partition coefficient (Wildman–Crippen LogP) is 3.18. The second-order valence-corrected chi connectivity index (χ2v) is 8.04. The van der Waals surface area contributed by atoms with Crippen molar-refractivity contribution in [2.45, 2.75) is 19.3 Å². The summed E-state index contributed by atoms with van der Waals surface area (Å²) in [6, 6.07) is 7.52. The van der Waals surface area contributed by atoms with Gasteiger partial charge in [0.1, 0.15) is 5.82 Å². The number of carboxylic acid groups (broad SMARTS) is 1. The van der Waals surface area contributed by atoms with E-state index in [1.165, 1.54) is 0 Å². The molecule has 1 fully saturated rings. The van der Waals surface area contributed by atoms with E-state index in [2.05, 4.69) is 34.8 Å². The summed E-state index contributed by atoms with van der Waals surface area (Å²) < 4.78 is 5.15. The molecule has 5 heterocycles. The molecule has 1 saturated heterocycles. The number of piperidine rings is 1. The summed E-state index contributed by atoms with van der Waals surface area (Å²) in [4.78, 5) is 38.7. The van der Waals surface area contributed by atoms with Crippen LogP contribution >= 0.6 is 0 Å². The normalized spacial score (nSPS) is 14.5. The predicted molar refractivity (Wildman–Crippen MR) is 122 cm³/mol. The van der Waals surface area contributed by atoms with E-state index in [0.29, 0.717) is 23.3 Å². The summed E-state index contributed by atoms with van der Waals surface area (Å²) in [6.45, 7) is 1.53. The molecule has 0 radical (unpaired) electrons. The van der Waals surface area contributed by atoms with Crippen LogP contribution in [0.2, 0.25) is 0 Å². The minimum absolute atomic E-state index is 0.227. The lowest BCUT2D eigenvalue weighted by Gasteiger charge is -2.31. The minimum atomic E-state index is -0.732. The number of nitrogens with zero attached hydrogens (tertiary/aromatic N) is 6. The third-order valence-electron chi connectivity index (χ3n) is 5.86. The molecule has 10 heteroatoms. The van der Waals surface area contributed by atoms with E-state index in [1.54, 1.807) is 31.8 Å². The zero-order valence-electron chi connectivity index (χ0n) is 18.1. The number of aliphatic carboxylic acids is 1. The quantitative estimate of drug-likeness (QED) is 0.459. The van der Waals surface area contributed by atoms with Gasteiger partial charge in [-0.25, -0.2) is 15.0 Å². The van der Waals surface area contributed by atoms with Crippen LogP contribution in [0.5, 0.6) is 5.88 Å². The molecule has 0 bridgehead atoms. The third kappa shape index (κ3) is 4.45. The van der Waals surface area contributed by atoms with E-state index in [1.807, 2.05) is 18.2 Å². The molecule has 2 N–H and O–H groups in total. The van der Waals surface area contributed by atoms with Gasteiger partial charge in [0.15, 0.2) is 5.65 Å². The van der Waals surface area contributed by atoms with Crippen LogP contribution < -0.4 is 9.64 Å². The number of pyridine rings is 2. The number of carboxylic acids is 1. The van der Waals surface area contributed by atoms with Gasteiger partial charge in [-0.2, -0.15) is 4.98 Å². The van der Waals surface area contributed by atoms with Crippen molar-refractivity contribution in [3.63, 3.8) is 0 Å². The highest BCUT2D eigenvalue weighted by atomic mass is 16.5. The average molecular weight is 445 g/mol. The minimum Gasteiger partial charge on any atom is -0.481 e. The van der Waals surface area contributed by atoms with Crippen molar-refractivity contribution < 1.29 is 14.6 Å². The maximum Gasteiger partial charge on any atom is 0.303 e. The first-order valence-electron chi connectivity index (χ1n) is 10.8. The molecule has 4 aromatic heterocycles. The Labute approximate surface area is 189 Å². The standard InChI is InChI=1S/C23H23N7O3/c1-33-19-5-4-18-22(28-19)29-21(27-18)15-2-3-17(24-11-15)16-12-25-23(26-13-16)30-8-6-14(7-9-30)10-20(31)32/h2-5,11-14H,6-10H2,1H3,(H,31,32)(H,27,28,29). The van der Waals surface area contributed by atoms with Crippen molar-refractivity contribution in [2.75, 3.05) is 25.1 Å². The van der Waals surface area contributed by atoms with Gasteiger partial charge in [-0.15, -0.1) is 0 Å². The first-order valence-corrected chi connectivity index (χ1v) is 10.8. The van der Waals surface area contributed by atoms with Crippen LogP contribution in [0.4, 0.5) is 5.95 Å². The Morgan fingerprint density at radius 3 is 2.48 bits per heavy atom. The number of ether oxygens (including phenoxy) is 1. The summed E-state index contributed by atoms with van der Waals surface area (Å²) in [5, 5.41) is 8.97. The van der Waals surface area contributed by atoms with Gasteiger partial charge in [-0.05, 0) is 37.0 Å². The highest BCUT2D eigenvalue weighted by Gasteiger charge is 2.22. The largest absolute Gasteiger partial charge is 0.481 e. The maximum atomic E-state index is 10.9. The Balaban J connectivity index is 1.27. The molecule has 0 aromatic carbocycles. The summed E-state index contributed by atoms with van der Waals surface area (Å²) in [7, 11) is 1.57. The van der Waals surface area contributed by atoms with Gasteiger partial charge >= 0.3 is 5.97 Å². The zero-order chi connectivity index (χ0) is 22.8. The number of carbonyl (C=O) groups is 1. The lowest BCUT2D eigenvalue weighted by Crippen LogP contribution is -2.35. The van der Waals surface area contributed by atoms with Gasteiger partial charge in [0.2, 0.25) is 11.8 Å². The fourth-order valence-corrected chi connectivity index (χ4v) is 4.03. The fourth-order valence-electron chi connectivity index (χ4n) is 4.03. The second-order valence-electron chi connectivity index (χ2n) is 8.04. The number of hydrogen-bond acceptors (Lipinski definition) is 8. The SMILES string of the molecule is COc1ccc2[nH]c(-c3ccc(-c4cnc(N5CCC(CC(=O)O)CC5)nc4)nc3)nc2n1. The van der Waals surface area contributed by atoms with E-state index < -0.39 is 5.97 Å². The van der Waals surface area contributed by atoms with Gasteiger partial charge in [0.25, 0.3) is 0 Å². The van der Waals surface area contributed by atoms with Crippen LogP contribution in [-0.2, 0) is 4.79 Å². The summed E-state index contributed by atoms with van der Waals surface area (Å²) in [5.41, 5.74) is 3.84. The number of hydrogen-bond donors (Lipinski definition) is 2. The molecule has 0 aliphatic carbocycles. The Bertz CT molecular complexity index is 1260. The fraction of sp³-hybridized carbons (Fsp3) is 0.304. The molecule has 0 amide bonds. The molecule has 10 nitrogen and oxygen atoms in total. The van der Waals surface area contributed by atoms with E-state index in [0.717, 1.165) is 48.3 Å². The van der Waals surface area contributed by atoms with Gasteiger partial charge in [0, 0.05) is 55.3 Å². The molecule has 0 unspecified atom stereocenters. The number of aromatic nitrogens is 6. The number of methoxy groups -OCH3 is 1. The monoisotopic (exact) mass is 445 g/mol. The van der Waals surface area contributed by atoms with Crippen LogP contribution in [0, 0.1) is 5.92 Å². The molecular weight excluding hydrogens is 422 g/mol. The molecule has 5 rings (SSSR count). The Kier molecular flexibility index (Phi) is 5.55. The molecule has 33 heavy (non-hydrogen) atoms. The molecule has 0 spiro atoms. The maximum absolute atomic E-state index is 10.9. The second kappa shape index (κ2) is 8.81. The highest BCUT2D eigenvalue weighted by molar-refractivity contribution is 5.76. The van der Waals surface area contributed by atoms with E-state index in [9.17, 15) is 4.79 Å².